The smallest absolute Gasteiger partial charge is 0.481 e. The molecule has 1 fully saturated rings. The van der Waals surface area contributed by atoms with Crippen LogP contribution >= 0.6 is 7.82 Å². The number of aryl methyl sites for hydroxylation is 1. The number of aliphatic carboxylic acids is 1. The van der Waals surface area contributed by atoms with E-state index in [0.29, 0.717) is 12.1 Å². The molecule has 0 aromatic heterocycles. The monoisotopic (exact) mass is 589 g/mol. The summed E-state index contributed by atoms with van der Waals surface area (Å²) >= 11 is 0. The molecule has 12 nitrogen and oxygen atoms in total. The quantitative estimate of drug-likeness (QED) is 0.206. The van der Waals surface area contributed by atoms with Crippen LogP contribution < -0.4 is 15.2 Å². The molecule has 13 heteroatoms. The molecule has 0 spiro atoms. The third-order valence-electron chi connectivity index (χ3n) is 6.81. The van der Waals surface area contributed by atoms with E-state index in [-0.39, 0.29) is 37.0 Å². The Hall–Kier alpha value is -3.73. The average molecular weight is 590 g/mol. The van der Waals surface area contributed by atoms with Gasteiger partial charge < -0.3 is 25.2 Å². The summed E-state index contributed by atoms with van der Waals surface area (Å²) in [5.74, 6) is -2.67. The minimum Gasteiger partial charge on any atom is -0.481 e. The predicted molar refractivity (Wildman–Crippen MR) is 149 cm³/mol. The van der Waals surface area contributed by atoms with E-state index in [1.165, 1.54) is 31.2 Å². The Kier molecular flexibility index (Phi) is 11.5. The number of hydrogen-bond acceptors (Lipinski definition) is 6. The molecule has 1 aliphatic rings. The standard InChI is InChI=1S/C28H36N3O9P/c1-19(32)29-25(18-21-10-13-23(14-11-21)40-41(37,38)39)27(35)30-24(15-16-26(33)34)28(36)31-17-5-8-22(31)12-9-20-6-3-2-4-7-20/h2-4,6-7,10-11,13-14,22,24-25H,5,8-9,12,15-18H2,1H3,(H,29,32)(H,30,35)(H,33,34)(H2,37,38,39). The second kappa shape index (κ2) is 14.8. The van der Waals surface area contributed by atoms with Gasteiger partial charge in [-0.3, -0.25) is 29.0 Å². The van der Waals surface area contributed by atoms with Crippen molar-refractivity contribution in [3.8, 4) is 5.75 Å². The number of phosphoric acid groups is 1. The van der Waals surface area contributed by atoms with Crippen LogP contribution in [0.1, 0.15) is 50.2 Å². The molecule has 1 aliphatic heterocycles. The van der Waals surface area contributed by atoms with E-state index >= 15 is 0 Å². The minimum atomic E-state index is -4.74. The molecule has 3 unspecified atom stereocenters. The Balaban J connectivity index is 1.71. The van der Waals surface area contributed by atoms with Crippen molar-refractivity contribution in [1.29, 1.82) is 0 Å². The maximum absolute atomic E-state index is 13.6. The zero-order valence-corrected chi connectivity index (χ0v) is 23.7. The Labute approximate surface area is 238 Å². The Morgan fingerprint density at radius 1 is 1.00 bits per heavy atom. The minimum absolute atomic E-state index is 0.00482. The molecule has 0 aliphatic carbocycles. The van der Waals surface area contributed by atoms with Crippen LogP contribution in [0.2, 0.25) is 0 Å². The van der Waals surface area contributed by atoms with Crippen LogP contribution in [0, 0.1) is 0 Å². The van der Waals surface area contributed by atoms with Gasteiger partial charge in [0.2, 0.25) is 17.7 Å². The Morgan fingerprint density at radius 2 is 1.68 bits per heavy atom. The van der Waals surface area contributed by atoms with E-state index in [4.69, 9.17) is 9.79 Å². The largest absolute Gasteiger partial charge is 0.524 e. The van der Waals surface area contributed by atoms with Gasteiger partial charge in [0.25, 0.3) is 0 Å². The third-order valence-corrected chi connectivity index (χ3v) is 7.26. The fourth-order valence-corrected chi connectivity index (χ4v) is 5.31. The number of carbonyl (C=O) groups excluding carboxylic acids is 3. The van der Waals surface area contributed by atoms with Gasteiger partial charge in [-0.15, -0.1) is 0 Å². The van der Waals surface area contributed by atoms with Crippen LogP contribution in [0.25, 0.3) is 0 Å². The maximum Gasteiger partial charge on any atom is 0.524 e. The van der Waals surface area contributed by atoms with Gasteiger partial charge in [0.05, 0.1) is 0 Å². The van der Waals surface area contributed by atoms with Crippen molar-refractivity contribution in [1.82, 2.24) is 15.5 Å². The van der Waals surface area contributed by atoms with Crippen LogP contribution in [0.5, 0.6) is 5.75 Å². The topological polar surface area (TPSA) is 183 Å². The highest BCUT2D eigenvalue weighted by Crippen LogP contribution is 2.37. The number of amides is 3. The van der Waals surface area contributed by atoms with Crippen molar-refractivity contribution in [2.75, 3.05) is 6.54 Å². The maximum atomic E-state index is 13.6. The van der Waals surface area contributed by atoms with Crippen LogP contribution in [-0.2, 0) is 36.6 Å². The first kappa shape index (κ1) is 31.8. The zero-order chi connectivity index (χ0) is 30.0. The summed E-state index contributed by atoms with van der Waals surface area (Å²) in [5.41, 5.74) is 1.70. The number of benzene rings is 2. The van der Waals surface area contributed by atoms with Crippen molar-refractivity contribution in [3.63, 3.8) is 0 Å². The molecule has 222 valence electrons. The molecule has 3 atom stereocenters. The normalized spacial score (nSPS) is 16.5. The summed E-state index contributed by atoms with van der Waals surface area (Å²) < 4.78 is 15.6. The summed E-state index contributed by atoms with van der Waals surface area (Å²) in [6, 6.07) is 13.3. The van der Waals surface area contributed by atoms with Gasteiger partial charge in [0.1, 0.15) is 17.8 Å². The van der Waals surface area contributed by atoms with Gasteiger partial charge in [0.15, 0.2) is 0 Å². The summed E-state index contributed by atoms with van der Waals surface area (Å²) in [5, 5.41) is 14.5. The number of carbonyl (C=O) groups is 4. The molecule has 1 saturated heterocycles. The summed E-state index contributed by atoms with van der Waals surface area (Å²) in [6.07, 6.45) is 2.71. The number of phosphoric ester groups is 1. The Bertz CT molecular complexity index is 1250. The molecule has 3 rings (SSSR count). The molecule has 2 aromatic carbocycles. The highest BCUT2D eigenvalue weighted by Gasteiger charge is 2.35. The van der Waals surface area contributed by atoms with E-state index in [1.807, 2.05) is 30.3 Å². The van der Waals surface area contributed by atoms with Crippen molar-refractivity contribution in [2.24, 2.45) is 0 Å². The van der Waals surface area contributed by atoms with Crippen LogP contribution in [0.15, 0.2) is 54.6 Å². The number of hydrogen-bond donors (Lipinski definition) is 5. The van der Waals surface area contributed by atoms with Gasteiger partial charge in [-0.25, -0.2) is 4.57 Å². The van der Waals surface area contributed by atoms with Gasteiger partial charge in [-0.05, 0) is 55.4 Å². The van der Waals surface area contributed by atoms with E-state index < -0.39 is 37.7 Å². The van der Waals surface area contributed by atoms with Crippen molar-refractivity contribution >= 4 is 31.5 Å². The highest BCUT2D eigenvalue weighted by molar-refractivity contribution is 7.46. The molecule has 0 radical (unpaired) electrons. The fourth-order valence-electron chi connectivity index (χ4n) is 4.92. The van der Waals surface area contributed by atoms with Crippen LogP contribution in [0.3, 0.4) is 0 Å². The Morgan fingerprint density at radius 3 is 2.29 bits per heavy atom. The first-order valence-corrected chi connectivity index (χ1v) is 14.9. The van der Waals surface area contributed by atoms with E-state index in [9.17, 15) is 28.8 Å². The highest BCUT2D eigenvalue weighted by atomic mass is 31.2. The lowest BCUT2D eigenvalue weighted by Crippen LogP contribution is -2.55. The second-order valence-electron chi connectivity index (χ2n) is 10.0. The van der Waals surface area contributed by atoms with Crippen LogP contribution in [0.4, 0.5) is 0 Å². The summed E-state index contributed by atoms with van der Waals surface area (Å²) in [4.78, 5) is 69.8. The first-order chi connectivity index (χ1) is 19.4. The number of carboxylic acids is 1. The molecule has 0 saturated carbocycles. The lowest BCUT2D eigenvalue weighted by molar-refractivity contribution is -0.140. The third kappa shape index (κ3) is 10.6. The predicted octanol–water partition coefficient (Wildman–Crippen LogP) is 2.18. The molecule has 5 N–H and O–H groups in total. The number of carboxylic acid groups (broad SMARTS) is 1. The SMILES string of the molecule is CC(=O)NC(Cc1ccc(OP(=O)(O)O)cc1)C(=O)NC(CCC(=O)O)C(=O)N1CCCC1CCc1ccccc1. The molecule has 0 bridgehead atoms. The lowest BCUT2D eigenvalue weighted by Gasteiger charge is -2.30. The number of nitrogens with zero attached hydrogens (tertiary/aromatic N) is 1. The van der Waals surface area contributed by atoms with Gasteiger partial charge in [-0.2, -0.15) is 0 Å². The van der Waals surface area contributed by atoms with Gasteiger partial charge >= 0.3 is 13.8 Å². The van der Waals surface area contributed by atoms with Gasteiger partial charge in [0, 0.05) is 32.4 Å². The number of rotatable bonds is 14. The van der Waals surface area contributed by atoms with Crippen LogP contribution in [-0.4, -0.2) is 68.2 Å². The van der Waals surface area contributed by atoms with E-state index in [1.54, 1.807) is 4.90 Å². The molecule has 3 amide bonds. The molecule has 1 heterocycles. The molecule has 41 heavy (non-hydrogen) atoms. The molecular weight excluding hydrogens is 553 g/mol. The second-order valence-corrected chi connectivity index (χ2v) is 11.2. The van der Waals surface area contributed by atoms with E-state index in [2.05, 4.69) is 15.2 Å². The lowest BCUT2D eigenvalue weighted by atomic mass is 10.0. The zero-order valence-electron chi connectivity index (χ0n) is 22.8. The number of nitrogens with one attached hydrogen (secondary N) is 2. The van der Waals surface area contributed by atoms with Crippen molar-refractivity contribution in [3.05, 3.63) is 65.7 Å². The first-order valence-electron chi connectivity index (χ1n) is 13.4. The van der Waals surface area contributed by atoms with Crippen molar-refractivity contribution < 1.29 is 43.2 Å². The van der Waals surface area contributed by atoms with E-state index in [0.717, 1.165) is 31.2 Å². The molecular formula is C28H36N3O9P. The van der Waals surface area contributed by atoms with Crippen molar-refractivity contribution in [2.45, 2.75) is 70.0 Å². The average Bonchev–Trinajstić information content (AvgIpc) is 3.38. The fraction of sp³-hybridized carbons (Fsp3) is 0.429. The summed E-state index contributed by atoms with van der Waals surface area (Å²) in [7, 11) is -4.74. The number of likely N-dealkylation sites (tertiary alicyclic amines) is 1. The molecule has 2 aromatic rings. The summed E-state index contributed by atoms with van der Waals surface area (Å²) in [6.45, 7) is 1.75. The van der Waals surface area contributed by atoms with Gasteiger partial charge in [-0.1, -0.05) is 42.5 Å².